The van der Waals surface area contributed by atoms with Crippen molar-refractivity contribution in [2.24, 2.45) is 5.92 Å². The third-order valence-electron chi connectivity index (χ3n) is 7.91. The first-order chi connectivity index (χ1) is 16.5. The molecule has 3 aromatic rings. The highest BCUT2D eigenvalue weighted by Gasteiger charge is 2.24. The van der Waals surface area contributed by atoms with E-state index >= 15 is 0 Å². The summed E-state index contributed by atoms with van der Waals surface area (Å²) in [6.07, 6.45) is 15.4. The van der Waals surface area contributed by atoms with Crippen LogP contribution >= 0.6 is 0 Å². The fourth-order valence-corrected chi connectivity index (χ4v) is 5.55. The van der Waals surface area contributed by atoms with E-state index in [4.69, 9.17) is 10.8 Å². The van der Waals surface area contributed by atoms with Crippen molar-refractivity contribution in [2.45, 2.75) is 77.7 Å². The first-order valence-corrected chi connectivity index (χ1v) is 13.0. The summed E-state index contributed by atoms with van der Waals surface area (Å²) >= 11 is 0. The maximum atomic E-state index is 6.35. The van der Waals surface area contributed by atoms with Gasteiger partial charge in [-0.25, -0.2) is 9.50 Å². The molecule has 2 fully saturated rings. The lowest BCUT2D eigenvalue weighted by atomic mass is 9.85. The minimum Gasteiger partial charge on any atom is -0.382 e. The third-order valence-corrected chi connectivity index (χ3v) is 7.91. The Kier molecular flexibility index (Phi) is 6.73. The number of anilines is 1. The van der Waals surface area contributed by atoms with Crippen LogP contribution in [-0.4, -0.2) is 49.4 Å². The van der Waals surface area contributed by atoms with Crippen molar-refractivity contribution in [3.05, 3.63) is 52.8 Å². The topological polar surface area (TPSA) is 77.3 Å². The Morgan fingerprint density at radius 2 is 1.97 bits per heavy atom. The molecular formula is C27H39N7. The summed E-state index contributed by atoms with van der Waals surface area (Å²) in [6.45, 7) is 7.77. The number of piperidine rings is 1. The molecular weight excluding hydrogens is 422 g/mol. The molecule has 1 saturated carbocycles. The van der Waals surface area contributed by atoms with Crippen LogP contribution in [0.3, 0.4) is 0 Å². The lowest BCUT2D eigenvalue weighted by molar-refractivity contribution is 0.252. The van der Waals surface area contributed by atoms with Gasteiger partial charge in [-0.2, -0.15) is 10.2 Å². The van der Waals surface area contributed by atoms with Crippen LogP contribution in [0.15, 0.2) is 30.2 Å². The zero-order chi connectivity index (χ0) is 23.7. The summed E-state index contributed by atoms with van der Waals surface area (Å²) in [7, 11) is 2.20. The number of aryl methyl sites for hydroxylation is 1. The molecule has 34 heavy (non-hydrogen) atoms. The molecule has 2 N–H and O–H groups in total. The van der Waals surface area contributed by atoms with E-state index in [0.717, 1.165) is 63.2 Å². The van der Waals surface area contributed by atoms with Crippen LogP contribution < -0.4 is 5.73 Å². The number of rotatable bonds is 8. The van der Waals surface area contributed by atoms with Crippen LogP contribution in [0.5, 0.6) is 0 Å². The van der Waals surface area contributed by atoms with Gasteiger partial charge in [0.05, 0.1) is 5.69 Å². The molecule has 3 aromatic heterocycles. The van der Waals surface area contributed by atoms with Gasteiger partial charge in [-0.05, 0) is 88.7 Å². The van der Waals surface area contributed by atoms with Crippen LogP contribution in [0, 0.1) is 5.92 Å². The predicted molar refractivity (Wildman–Crippen MR) is 137 cm³/mol. The van der Waals surface area contributed by atoms with Crippen molar-refractivity contribution in [3.63, 3.8) is 0 Å². The normalized spacial score (nSPS) is 18.6. The highest BCUT2D eigenvalue weighted by molar-refractivity contribution is 5.71. The van der Waals surface area contributed by atoms with Crippen LogP contribution in [0.2, 0.25) is 0 Å². The second-order valence-corrected chi connectivity index (χ2v) is 10.5. The number of nitrogen functional groups attached to an aromatic ring is 1. The maximum Gasteiger partial charge on any atom is 0.151 e. The fourth-order valence-electron chi connectivity index (χ4n) is 5.55. The second-order valence-electron chi connectivity index (χ2n) is 10.5. The van der Waals surface area contributed by atoms with Gasteiger partial charge in [0.15, 0.2) is 5.82 Å². The third kappa shape index (κ3) is 4.76. The van der Waals surface area contributed by atoms with Crippen LogP contribution in [0.25, 0.3) is 5.52 Å². The van der Waals surface area contributed by atoms with Gasteiger partial charge in [-0.3, -0.25) is 4.68 Å². The van der Waals surface area contributed by atoms with Gasteiger partial charge in [0.2, 0.25) is 0 Å². The van der Waals surface area contributed by atoms with Crippen molar-refractivity contribution in [1.82, 2.24) is 29.3 Å². The van der Waals surface area contributed by atoms with Gasteiger partial charge in [0.25, 0.3) is 0 Å². The van der Waals surface area contributed by atoms with E-state index in [-0.39, 0.29) is 0 Å². The molecule has 0 radical (unpaired) electrons. The molecule has 182 valence electrons. The molecule has 0 spiro atoms. The number of hydrogen-bond acceptors (Lipinski definition) is 5. The van der Waals surface area contributed by atoms with E-state index in [1.165, 1.54) is 47.4 Å². The molecule has 1 aliphatic carbocycles. The summed E-state index contributed by atoms with van der Waals surface area (Å²) in [6, 6.07) is 2.33. The van der Waals surface area contributed by atoms with Crippen LogP contribution in [-0.2, 0) is 25.8 Å². The molecule has 0 bridgehead atoms. The van der Waals surface area contributed by atoms with Gasteiger partial charge >= 0.3 is 0 Å². The molecule has 0 atom stereocenters. The number of allylic oxidation sites excluding steroid dienone is 2. The highest BCUT2D eigenvalue weighted by Crippen LogP contribution is 2.33. The van der Waals surface area contributed by atoms with E-state index in [0.29, 0.717) is 11.7 Å². The number of nitrogens with two attached hydrogens (primary N) is 1. The first kappa shape index (κ1) is 23.1. The first-order valence-electron chi connectivity index (χ1n) is 13.0. The number of likely N-dealkylation sites (tertiary alicyclic amines) is 1. The lowest BCUT2D eigenvalue weighted by Gasteiger charge is -2.28. The van der Waals surface area contributed by atoms with Gasteiger partial charge in [0, 0.05) is 30.8 Å². The summed E-state index contributed by atoms with van der Waals surface area (Å²) in [5.41, 5.74) is 13.8. The van der Waals surface area contributed by atoms with Gasteiger partial charge in [-0.1, -0.05) is 25.0 Å². The summed E-state index contributed by atoms with van der Waals surface area (Å²) < 4.78 is 4.24. The molecule has 1 aliphatic heterocycles. The van der Waals surface area contributed by atoms with E-state index in [9.17, 15) is 0 Å². The van der Waals surface area contributed by atoms with Crippen molar-refractivity contribution >= 4 is 11.3 Å². The zero-order valence-corrected chi connectivity index (χ0v) is 21.0. The lowest BCUT2D eigenvalue weighted by Crippen LogP contribution is -2.29. The molecule has 5 rings (SSSR count). The zero-order valence-electron chi connectivity index (χ0n) is 21.0. The largest absolute Gasteiger partial charge is 0.382 e. The number of nitrogens with zero attached hydrogens (tertiary/aromatic N) is 6. The van der Waals surface area contributed by atoms with Gasteiger partial charge in [0.1, 0.15) is 11.8 Å². The van der Waals surface area contributed by atoms with Gasteiger partial charge in [-0.15, -0.1) is 0 Å². The fraction of sp³-hybridized carbons (Fsp3) is 0.593. The predicted octanol–water partition coefficient (Wildman–Crippen LogP) is 4.41. The highest BCUT2D eigenvalue weighted by atomic mass is 15.3. The average Bonchev–Trinajstić information content (AvgIpc) is 3.37. The molecule has 7 nitrogen and oxygen atoms in total. The van der Waals surface area contributed by atoms with E-state index in [1.54, 1.807) is 6.33 Å². The van der Waals surface area contributed by atoms with E-state index in [2.05, 4.69) is 63.4 Å². The molecule has 1 saturated heterocycles. The Hall–Kier alpha value is -2.67. The van der Waals surface area contributed by atoms with Crippen LogP contribution in [0.4, 0.5) is 5.82 Å². The summed E-state index contributed by atoms with van der Waals surface area (Å²) in [4.78, 5) is 6.71. The minimum atomic E-state index is 0.516. The van der Waals surface area contributed by atoms with Crippen molar-refractivity contribution in [1.29, 1.82) is 0 Å². The SMILES string of the molecule is CCc1cn(CC2CCC2)nc1C/C=C(\C)Cc1cc(C2CCN(C)CC2)n2ncnc(N)c12. The number of hydrogen-bond donors (Lipinski definition) is 1. The Morgan fingerprint density at radius 3 is 2.68 bits per heavy atom. The summed E-state index contributed by atoms with van der Waals surface area (Å²) in [5.74, 6) is 1.91. The Morgan fingerprint density at radius 1 is 1.18 bits per heavy atom. The average molecular weight is 462 g/mol. The monoisotopic (exact) mass is 461 g/mol. The molecule has 4 heterocycles. The molecule has 0 amide bonds. The standard InChI is InChI=1S/C27H39N7/c1-4-21-17-33(16-20-6-5-7-20)31-24(21)9-8-19(2)14-23-15-25(22-10-12-32(3)13-11-22)34-26(23)27(28)29-18-30-34/h8,15,17-18,20,22H,4-7,9-14,16H2,1-3H3,(H2,28,29,30)/b19-8+. The quantitative estimate of drug-likeness (QED) is 0.503. The van der Waals surface area contributed by atoms with Gasteiger partial charge < -0.3 is 10.6 Å². The molecule has 0 aromatic carbocycles. The Labute approximate surface area is 203 Å². The molecule has 7 heteroatoms. The second kappa shape index (κ2) is 9.90. The molecule has 0 unspecified atom stereocenters. The van der Waals surface area contributed by atoms with E-state index < -0.39 is 0 Å². The molecule has 2 aliphatic rings. The van der Waals surface area contributed by atoms with E-state index in [1.807, 2.05) is 0 Å². The van der Waals surface area contributed by atoms with Crippen LogP contribution in [0.1, 0.15) is 74.4 Å². The Balaban J connectivity index is 1.34. The Bertz CT molecular complexity index is 1160. The minimum absolute atomic E-state index is 0.516. The van der Waals surface area contributed by atoms with Crippen molar-refractivity contribution in [2.75, 3.05) is 25.9 Å². The smallest absolute Gasteiger partial charge is 0.151 e. The number of fused-ring (bicyclic) bond motifs is 1. The number of aromatic nitrogens is 5. The maximum absolute atomic E-state index is 6.35. The van der Waals surface area contributed by atoms with Crippen molar-refractivity contribution < 1.29 is 0 Å². The summed E-state index contributed by atoms with van der Waals surface area (Å²) in [5, 5.41) is 9.54. The van der Waals surface area contributed by atoms with Crippen molar-refractivity contribution in [3.8, 4) is 0 Å².